The van der Waals surface area contributed by atoms with E-state index < -0.39 is 0 Å². The van der Waals surface area contributed by atoms with Crippen LogP contribution in [0, 0.1) is 5.92 Å². The fourth-order valence-corrected chi connectivity index (χ4v) is 5.74. The number of nitrogens with zero attached hydrogens (tertiary/aromatic N) is 1. The highest BCUT2D eigenvalue weighted by Crippen LogP contribution is 2.18. The molecule has 3 nitrogen and oxygen atoms in total. The molecule has 0 radical (unpaired) electrons. The van der Waals surface area contributed by atoms with Gasteiger partial charge in [0, 0.05) is 5.92 Å². The molecular formula is C35H72N2O. The zero-order valence-corrected chi connectivity index (χ0v) is 26.7. The van der Waals surface area contributed by atoms with Crippen LogP contribution in [0.15, 0.2) is 0 Å². The number of nitrogens with two attached hydrogens (primary N) is 1. The van der Waals surface area contributed by atoms with Crippen molar-refractivity contribution in [1.29, 1.82) is 0 Å². The van der Waals surface area contributed by atoms with Crippen molar-refractivity contribution in [2.24, 2.45) is 11.7 Å². The van der Waals surface area contributed by atoms with Gasteiger partial charge in [0.1, 0.15) is 0 Å². The molecule has 0 aromatic rings. The van der Waals surface area contributed by atoms with E-state index in [-0.39, 0.29) is 11.8 Å². The molecule has 0 aliphatic heterocycles. The van der Waals surface area contributed by atoms with E-state index in [9.17, 15) is 4.79 Å². The van der Waals surface area contributed by atoms with Crippen LogP contribution >= 0.6 is 0 Å². The number of primary amides is 1. The second-order valence-electron chi connectivity index (χ2n) is 12.3. The summed E-state index contributed by atoms with van der Waals surface area (Å²) in [5.41, 5.74) is 5.85. The first-order valence-corrected chi connectivity index (χ1v) is 17.7. The summed E-state index contributed by atoms with van der Waals surface area (Å²) in [7, 11) is 0. The predicted molar refractivity (Wildman–Crippen MR) is 171 cm³/mol. The van der Waals surface area contributed by atoms with E-state index in [2.05, 4.69) is 25.7 Å². The van der Waals surface area contributed by atoms with Crippen molar-refractivity contribution >= 4 is 5.91 Å². The second kappa shape index (κ2) is 31.0. The van der Waals surface area contributed by atoms with Gasteiger partial charge in [0.05, 0.1) is 0 Å². The normalized spacial score (nSPS) is 12.4. The van der Waals surface area contributed by atoms with Crippen LogP contribution in [0.2, 0.25) is 0 Å². The number of carbonyl (C=O) groups is 1. The molecular weight excluding hydrogens is 464 g/mol. The molecule has 2 N–H and O–H groups in total. The van der Waals surface area contributed by atoms with Gasteiger partial charge in [-0.1, -0.05) is 168 Å². The molecule has 1 atom stereocenters. The van der Waals surface area contributed by atoms with Crippen LogP contribution in [0.25, 0.3) is 0 Å². The fourth-order valence-electron chi connectivity index (χ4n) is 5.74. The van der Waals surface area contributed by atoms with E-state index >= 15 is 0 Å². The summed E-state index contributed by atoms with van der Waals surface area (Å²) in [5.74, 6) is 0.00265. The molecule has 0 aromatic carbocycles. The summed E-state index contributed by atoms with van der Waals surface area (Å²) in [6, 6.07) is 0. The van der Waals surface area contributed by atoms with Gasteiger partial charge in [0.2, 0.25) is 5.91 Å². The third kappa shape index (κ3) is 27.0. The van der Waals surface area contributed by atoms with Gasteiger partial charge >= 0.3 is 0 Å². The molecule has 0 aliphatic rings. The van der Waals surface area contributed by atoms with E-state index in [0.717, 1.165) is 19.4 Å². The zero-order chi connectivity index (χ0) is 27.9. The van der Waals surface area contributed by atoms with Crippen LogP contribution in [0.5, 0.6) is 0 Å². The summed E-state index contributed by atoms with van der Waals surface area (Å²) < 4.78 is 0. The average Bonchev–Trinajstić information content (AvgIpc) is 2.91. The van der Waals surface area contributed by atoms with Crippen molar-refractivity contribution in [3.63, 3.8) is 0 Å². The average molecular weight is 537 g/mol. The molecule has 1 amide bonds. The van der Waals surface area contributed by atoms with Crippen molar-refractivity contribution < 1.29 is 4.79 Å². The van der Waals surface area contributed by atoms with Crippen molar-refractivity contribution in [3.05, 3.63) is 0 Å². The first kappa shape index (κ1) is 37.4. The highest BCUT2D eigenvalue weighted by Gasteiger charge is 2.17. The number of rotatable bonds is 32. The Kier molecular flexibility index (Phi) is 30.5. The van der Waals surface area contributed by atoms with E-state index in [4.69, 9.17) is 5.73 Å². The van der Waals surface area contributed by atoms with Crippen LogP contribution in [-0.4, -0.2) is 30.4 Å². The molecule has 3 heteroatoms. The maximum atomic E-state index is 12.2. The summed E-state index contributed by atoms with van der Waals surface area (Å²) in [6.45, 7) is 10.3. The van der Waals surface area contributed by atoms with Gasteiger partial charge in [-0.05, 0) is 45.3 Å². The first-order chi connectivity index (χ1) is 18.7. The summed E-state index contributed by atoms with van der Waals surface area (Å²) >= 11 is 0. The largest absolute Gasteiger partial charge is 0.369 e. The van der Waals surface area contributed by atoms with Crippen LogP contribution < -0.4 is 5.73 Å². The maximum Gasteiger partial charge on any atom is 0.220 e. The highest BCUT2D eigenvalue weighted by atomic mass is 16.1. The smallest absolute Gasteiger partial charge is 0.220 e. The molecule has 0 fully saturated rings. The summed E-state index contributed by atoms with van der Waals surface area (Å²) in [4.78, 5) is 14.9. The van der Waals surface area contributed by atoms with E-state index in [0.29, 0.717) is 0 Å². The molecule has 1 unspecified atom stereocenters. The fraction of sp³-hybridized carbons (Fsp3) is 0.971. The Morgan fingerprint density at radius 1 is 0.447 bits per heavy atom. The Hall–Kier alpha value is -0.570. The predicted octanol–water partition coefficient (Wildman–Crippen LogP) is 11.0. The molecule has 0 saturated heterocycles. The molecule has 0 aromatic heterocycles. The third-order valence-corrected chi connectivity index (χ3v) is 8.51. The SMILES string of the molecule is CCCCCCCCCCCC(CCN(CCCCCCCCCC)CCCCCCCCCC)C(N)=O. The van der Waals surface area contributed by atoms with Crippen LogP contribution in [-0.2, 0) is 4.79 Å². The number of hydrogen-bond acceptors (Lipinski definition) is 2. The van der Waals surface area contributed by atoms with Crippen molar-refractivity contribution in [2.75, 3.05) is 19.6 Å². The minimum absolute atomic E-state index is 0.0660. The van der Waals surface area contributed by atoms with Gasteiger partial charge in [0.25, 0.3) is 0 Å². The standard InChI is InChI=1S/C35H72N2O/c1-4-7-10-13-16-19-20-23-26-29-34(35(36)38)30-33-37(31-27-24-21-17-14-11-8-5-2)32-28-25-22-18-15-12-9-6-3/h34H,4-33H2,1-3H3,(H2,36,38). The molecule has 0 heterocycles. The maximum absolute atomic E-state index is 12.2. The number of hydrogen-bond donors (Lipinski definition) is 1. The molecule has 0 saturated carbocycles. The number of amides is 1. The van der Waals surface area contributed by atoms with E-state index in [1.165, 1.54) is 174 Å². The topological polar surface area (TPSA) is 46.3 Å². The number of unbranched alkanes of at least 4 members (excludes halogenated alkanes) is 22. The number of carbonyl (C=O) groups excluding carboxylic acids is 1. The highest BCUT2D eigenvalue weighted by molar-refractivity contribution is 5.76. The monoisotopic (exact) mass is 537 g/mol. The Morgan fingerprint density at radius 3 is 1.11 bits per heavy atom. The molecule has 0 rings (SSSR count). The molecule has 0 aliphatic carbocycles. The van der Waals surface area contributed by atoms with Crippen LogP contribution in [0.1, 0.15) is 194 Å². The lowest BCUT2D eigenvalue weighted by atomic mass is 9.96. The Morgan fingerprint density at radius 2 is 0.763 bits per heavy atom. The Labute approximate surface area is 240 Å². The lowest BCUT2D eigenvalue weighted by molar-refractivity contribution is -0.122. The van der Waals surface area contributed by atoms with Crippen LogP contribution in [0.3, 0.4) is 0 Å². The van der Waals surface area contributed by atoms with Crippen molar-refractivity contribution in [1.82, 2.24) is 4.90 Å². The van der Waals surface area contributed by atoms with E-state index in [1.807, 2.05) is 0 Å². The zero-order valence-electron chi connectivity index (χ0n) is 26.7. The third-order valence-electron chi connectivity index (χ3n) is 8.51. The van der Waals surface area contributed by atoms with Crippen molar-refractivity contribution in [3.8, 4) is 0 Å². The van der Waals surface area contributed by atoms with Gasteiger partial charge in [0.15, 0.2) is 0 Å². The van der Waals surface area contributed by atoms with Crippen LogP contribution in [0.4, 0.5) is 0 Å². The molecule has 0 bridgehead atoms. The van der Waals surface area contributed by atoms with Gasteiger partial charge < -0.3 is 10.6 Å². The Balaban J connectivity index is 4.27. The minimum atomic E-state index is -0.0660. The quantitative estimate of drug-likeness (QED) is 0.0869. The lowest BCUT2D eigenvalue weighted by Gasteiger charge is -2.24. The molecule has 0 spiro atoms. The lowest BCUT2D eigenvalue weighted by Crippen LogP contribution is -2.32. The Bertz CT molecular complexity index is 447. The second-order valence-corrected chi connectivity index (χ2v) is 12.3. The summed E-state index contributed by atoms with van der Waals surface area (Å²) in [5, 5.41) is 0. The van der Waals surface area contributed by atoms with E-state index in [1.54, 1.807) is 0 Å². The first-order valence-electron chi connectivity index (χ1n) is 17.7. The molecule has 38 heavy (non-hydrogen) atoms. The van der Waals surface area contributed by atoms with Gasteiger partial charge in [-0.3, -0.25) is 4.79 Å². The summed E-state index contributed by atoms with van der Waals surface area (Å²) in [6.07, 6.45) is 36.0. The molecule has 228 valence electrons. The van der Waals surface area contributed by atoms with Gasteiger partial charge in [-0.2, -0.15) is 0 Å². The minimum Gasteiger partial charge on any atom is -0.369 e. The van der Waals surface area contributed by atoms with Gasteiger partial charge in [-0.25, -0.2) is 0 Å². The van der Waals surface area contributed by atoms with Gasteiger partial charge in [-0.15, -0.1) is 0 Å². The van der Waals surface area contributed by atoms with Crippen molar-refractivity contribution in [2.45, 2.75) is 194 Å².